The topological polar surface area (TPSA) is 80.2 Å². The van der Waals surface area contributed by atoms with Gasteiger partial charge in [0.05, 0.1) is 6.61 Å². The first-order valence-electron chi connectivity index (χ1n) is 13.5. The first kappa shape index (κ1) is 29.6. The van der Waals surface area contributed by atoms with Gasteiger partial charge in [-0.25, -0.2) is 9.38 Å². The molecule has 9 heteroatoms. The summed E-state index contributed by atoms with van der Waals surface area (Å²) < 4.78 is 25.7. The van der Waals surface area contributed by atoms with E-state index in [-0.39, 0.29) is 37.2 Å². The highest BCUT2D eigenvalue weighted by molar-refractivity contribution is 6.35. The Labute approximate surface area is 253 Å². The SMILES string of the molecule is O=C(NCc1ccc(F)cc1)[C@]1(Cc2ccccc2)N=C(c2ccc(OCCCO)cc2)O[C@@H]1c1ccc(Cl)cc1Cl. The van der Waals surface area contributed by atoms with Crippen molar-refractivity contribution in [3.8, 4) is 5.75 Å². The molecule has 0 aromatic heterocycles. The van der Waals surface area contributed by atoms with Crippen molar-refractivity contribution in [2.75, 3.05) is 13.2 Å². The van der Waals surface area contributed by atoms with Crippen molar-refractivity contribution in [2.45, 2.75) is 31.0 Å². The van der Waals surface area contributed by atoms with Crippen molar-refractivity contribution < 1.29 is 23.8 Å². The van der Waals surface area contributed by atoms with Gasteiger partial charge in [-0.05, 0) is 59.7 Å². The molecule has 5 rings (SSSR count). The van der Waals surface area contributed by atoms with Crippen LogP contribution in [0.1, 0.15) is 34.8 Å². The van der Waals surface area contributed by atoms with Gasteiger partial charge in [0.1, 0.15) is 11.6 Å². The number of nitrogens with one attached hydrogen (secondary N) is 1. The van der Waals surface area contributed by atoms with Gasteiger partial charge in [-0.3, -0.25) is 4.79 Å². The Morgan fingerprint density at radius 3 is 2.40 bits per heavy atom. The third kappa shape index (κ3) is 6.76. The molecule has 0 fully saturated rings. The molecule has 6 nitrogen and oxygen atoms in total. The maximum atomic E-state index is 14.3. The summed E-state index contributed by atoms with van der Waals surface area (Å²) in [4.78, 5) is 19.3. The number of aliphatic hydroxyl groups excluding tert-OH is 1. The van der Waals surface area contributed by atoms with Crippen LogP contribution < -0.4 is 10.1 Å². The Kier molecular flexibility index (Phi) is 9.42. The molecule has 1 amide bonds. The molecule has 2 N–H and O–H groups in total. The van der Waals surface area contributed by atoms with E-state index in [2.05, 4.69) is 5.32 Å². The van der Waals surface area contributed by atoms with E-state index in [1.54, 1.807) is 42.5 Å². The summed E-state index contributed by atoms with van der Waals surface area (Å²) in [6.45, 7) is 0.602. The van der Waals surface area contributed by atoms with Crippen molar-refractivity contribution in [2.24, 2.45) is 4.99 Å². The summed E-state index contributed by atoms with van der Waals surface area (Å²) in [6.07, 6.45) is -0.138. The smallest absolute Gasteiger partial charge is 0.252 e. The van der Waals surface area contributed by atoms with Gasteiger partial charge in [0.15, 0.2) is 11.6 Å². The van der Waals surface area contributed by atoms with E-state index in [0.29, 0.717) is 39.9 Å². The van der Waals surface area contributed by atoms with E-state index in [9.17, 15) is 9.18 Å². The first-order chi connectivity index (χ1) is 20.4. The lowest BCUT2D eigenvalue weighted by Gasteiger charge is -2.31. The van der Waals surface area contributed by atoms with Gasteiger partial charge in [0, 0.05) is 47.2 Å². The number of ether oxygens (including phenoxy) is 2. The minimum absolute atomic E-state index is 0.0457. The van der Waals surface area contributed by atoms with Crippen molar-refractivity contribution in [3.05, 3.63) is 135 Å². The lowest BCUT2D eigenvalue weighted by atomic mass is 9.82. The van der Waals surface area contributed by atoms with E-state index in [0.717, 1.165) is 11.1 Å². The van der Waals surface area contributed by atoms with Gasteiger partial charge < -0.3 is 19.9 Å². The van der Waals surface area contributed by atoms with Crippen LogP contribution in [-0.4, -0.2) is 35.7 Å². The first-order valence-corrected chi connectivity index (χ1v) is 14.3. The highest BCUT2D eigenvalue weighted by Crippen LogP contribution is 2.45. The number of aliphatic imine (C=N–C) groups is 1. The van der Waals surface area contributed by atoms with Crippen molar-refractivity contribution in [3.63, 3.8) is 0 Å². The lowest BCUT2D eigenvalue weighted by Crippen LogP contribution is -2.49. The third-order valence-corrected chi connectivity index (χ3v) is 7.52. The quantitative estimate of drug-likeness (QED) is 0.186. The van der Waals surface area contributed by atoms with Crippen LogP contribution in [0.3, 0.4) is 0 Å². The molecule has 0 saturated carbocycles. The van der Waals surface area contributed by atoms with Gasteiger partial charge in [0.2, 0.25) is 5.90 Å². The number of halogens is 3. The zero-order valence-electron chi connectivity index (χ0n) is 22.6. The normalized spacial score (nSPS) is 17.8. The summed E-state index contributed by atoms with van der Waals surface area (Å²) in [5.74, 6) is 0.188. The molecule has 1 aliphatic rings. The van der Waals surface area contributed by atoms with Crippen LogP contribution in [-0.2, 0) is 22.5 Å². The van der Waals surface area contributed by atoms with E-state index in [1.807, 2.05) is 42.5 Å². The molecule has 0 radical (unpaired) electrons. The van der Waals surface area contributed by atoms with Crippen LogP contribution >= 0.6 is 23.2 Å². The fourth-order valence-corrected chi connectivity index (χ4v) is 5.33. The number of benzene rings is 4. The highest BCUT2D eigenvalue weighted by Gasteiger charge is 2.53. The molecule has 42 heavy (non-hydrogen) atoms. The summed E-state index contributed by atoms with van der Waals surface area (Å²) in [6, 6.07) is 27.8. The predicted molar refractivity (Wildman–Crippen MR) is 162 cm³/mol. The standard InChI is InChI=1S/C33H29Cl2FN2O4/c34-25-11-16-28(29(35)19-25)30-33(20-22-5-2-1-3-6-22,32(40)37-21-23-7-12-26(36)13-8-23)38-31(42-30)24-9-14-27(15-10-24)41-18-4-17-39/h1-3,5-16,19,30,39H,4,17-18,20-21H2,(H,37,40)/t30-,33-/m1/s1. The fraction of sp³-hybridized carbons (Fsp3) is 0.212. The van der Waals surface area contributed by atoms with Crippen LogP contribution in [0.4, 0.5) is 4.39 Å². The zero-order chi connectivity index (χ0) is 29.5. The average molecular weight is 608 g/mol. The molecule has 4 aromatic carbocycles. The molecular formula is C33H29Cl2FN2O4. The highest BCUT2D eigenvalue weighted by atomic mass is 35.5. The minimum atomic E-state index is -1.44. The van der Waals surface area contributed by atoms with Crippen LogP contribution in [0.5, 0.6) is 5.75 Å². The molecule has 1 heterocycles. The number of aliphatic hydroxyl groups is 1. The second-order valence-electron chi connectivity index (χ2n) is 9.93. The average Bonchev–Trinajstić information content (AvgIpc) is 3.37. The van der Waals surface area contributed by atoms with Gasteiger partial charge in [0.25, 0.3) is 5.91 Å². The molecule has 0 unspecified atom stereocenters. The number of carbonyl (C=O) groups is 1. The Morgan fingerprint density at radius 2 is 1.71 bits per heavy atom. The van der Waals surface area contributed by atoms with Gasteiger partial charge in [-0.15, -0.1) is 0 Å². The van der Waals surface area contributed by atoms with E-state index >= 15 is 0 Å². The van der Waals surface area contributed by atoms with Gasteiger partial charge in [-0.1, -0.05) is 71.7 Å². The van der Waals surface area contributed by atoms with Crippen LogP contribution in [0.25, 0.3) is 0 Å². The Bertz CT molecular complexity index is 1550. The second kappa shape index (κ2) is 13.4. The molecule has 216 valence electrons. The molecule has 1 aliphatic heterocycles. The number of rotatable bonds is 11. The number of hydrogen-bond donors (Lipinski definition) is 2. The van der Waals surface area contributed by atoms with Crippen molar-refractivity contribution >= 4 is 35.0 Å². The molecular weight excluding hydrogens is 578 g/mol. The van der Waals surface area contributed by atoms with Gasteiger partial charge in [-0.2, -0.15) is 0 Å². The van der Waals surface area contributed by atoms with E-state index in [1.165, 1.54) is 12.1 Å². The minimum Gasteiger partial charge on any atom is -0.494 e. The number of nitrogens with zero attached hydrogens (tertiary/aromatic N) is 1. The Morgan fingerprint density at radius 1 is 0.976 bits per heavy atom. The van der Waals surface area contributed by atoms with E-state index < -0.39 is 11.6 Å². The van der Waals surface area contributed by atoms with Crippen LogP contribution in [0.2, 0.25) is 10.0 Å². The third-order valence-electron chi connectivity index (χ3n) is 6.96. The molecule has 0 saturated heterocycles. The number of carbonyl (C=O) groups excluding carboxylic acids is 1. The molecule has 2 atom stereocenters. The van der Waals surface area contributed by atoms with Crippen LogP contribution in [0, 0.1) is 5.82 Å². The zero-order valence-corrected chi connectivity index (χ0v) is 24.1. The fourth-order valence-electron chi connectivity index (χ4n) is 4.82. The summed E-state index contributed by atoms with van der Waals surface area (Å²) >= 11 is 12.9. The molecule has 0 spiro atoms. The summed E-state index contributed by atoms with van der Waals surface area (Å²) in [5, 5.41) is 12.8. The number of amides is 1. The van der Waals surface area contributed by atoms with Crippen molar-refractivity contribution in [1.29, 1.82) is 0 Å². The monoisotopic (exact) mass is 606 g/mol. The Hall–Kier alpha value is -3.91. The van der Waals surface area contributed by atoms with Crippen molar-refractivity contribution in [1.82, 2.24) is 5.32 Å². The predicted octanol–water partition coefficient (Wildman–Crippen LogP) is 6.71. The summed E-state index contributed by atoms with van der Waals surface area (Å²) in [5.41, 5.74) is 1.40. The maximum absolute atomic E-state index is 14.3. The molecule has 0 aliphatic carbocycles. The largest absolute Gasteiger partial charge is 0.494 e. The second-order valence-corrected chi connectivity index (χ2v) is 10.8. The molecule has 0 bridgehead atoms. The van der Waals surface area contributed by atoms with E-state index in [4.69, 9.17) is 42.8 Å². The number of hydrogen-bond acceptors (Lipinski definition) is 5. The molecule has 4 aromatic rings. The Balaban J connectivity index is 1.56. The lowest BCUT2D eigenvalue weighted by molar-refractivity contribution is -0.129. The van der Waals surface area contributed by atoms with Crippen LogP contribution in [0.15, 0.2) is 102 Å². The van der Waals surface area contributed by atoms with Gasteiger partial charge >= 0.3 is 0 Å². The maximum Gasteiger partial charge on any atom is 0.252 e. The summed E-state index contributed by atoms with van der Waals surface area (Å²) in [7, 11) is 0.